The predicted molar refractivity (Wildman–Crippen MR) is 56.9 cm³/mol. The van der Waals surface area contributed by atoms with Gasteiger partial charge >= 0.3 is 0 Å². The number of fused-ring (bicyclic) bond motifs is 1. The summed E-state index contributed by atoms with van der Waals surface area (Å²) in [6.45, 7) is 0.760. The van der Waals surface area contributed by atoms with Gasteiger partial charge in [0.05, 0.1) is 17.8 Å². The maximum Gasteiger partial charge on any atom is 0.285 e. The molecule has 0 aromatic carbocycles. The second-order valence-corrected chi connectivity index (χ2v) is 3.69. The highest BCUT2D eigenvalue weighted by Crippen LogP contribution is 2.29. The minimum Gasteiger partial charge on any atom is -0.330 e. The van der Waals surface area contributed by atoms with E-state index < -0.39 is 0 Å². The van der Waals surface area contributed by atoms with Crippen molar-refractivity contribution in [2.24, 2.45) is 5.73 Å². The van der Waals surface area contributed by atoms with Gasteiger partial charge in [0, 0.05) is 0 Å². The molecule has 2 aliphatic rings. The molecule has 1 saturated heterocycles. The fourth-order valence-electron chi connectivity index (χ4n) is 1.75. The number of allylic oxidation sites excluding steroid dienone is 2. The first kappa shape index (κ1) is 11.0. The van der Waals surface area contributed by atoms with Crippen molar-refractivity contribution in [2.45, 2.75) is 19.3 Å². The average Bonchev–Trinajstić information content (AvgIpc) is 2.55. The number of hydroxylamine groups is 2. The van der Waals surface area contributed by atoms with Crippen LogP contribution in [0.1, 0.15) is 19.3 Å². The molecule has 1 aliphatic heterocycles. The maximum absolute atomic E-state index is 11.8. The molecule has 86 valence electrons. The Bertz CT molecular complexity index is 353. The maximum atomic E-state index is 11.8. The van der Waals surface area contributed by atoms with Crippen molar-refractivity contribution in [1.29, 1.82) is 0 Å². The van der Waals surface area contributed by atoms with E-state index >= 15 is 0 Å². The standard InChI is InChI=1S/C11H14N2O3/c12-6-3-7-16-13-10(14)8-4-1-2-5-9(8)11(13)15/h4-5H,1-3,6-7,12H2. The summed E-state index contributed by atoms with van der Waals surface area (Å²) in [4.78, 5) is 28.7. The van der Waals surface area contributed by atoms with Crippen LogP contribution < -0.4 is 5.73 Å². The monoisotopic (exact) mass is 222 g/mol. The molecule has 0 aromatic rings. The Morgan fingerprint density at radius 3 is 2.25 bits per heavy atom. The third-order valence-electron chi connectivity index (χ3n) is 2.55. The molecule has 2 rings (SSSR count). The van der Waals surface area contributed by atoms with Crippen molar-refractivity contribution in [2.75, 3.05) is 13.2 Å². The van der Waals surface area contributed by atoms with Crippen LogP contribution in [0.5, 0.6) is 0 Å². The van der Waals surface area contributed by atoms with Gasteiger partial charge in [-0.2, -0.15) is 0 Å². The Morgan fingerprint density at radius 1 is 1.19 bits per heavy atom. The fourth-order valence-corrected chi connectivity index (χ4v) is 1.75. The van der Waals surface area contributed by atoms with Gasteiger partial charge in [0.25, 0.3) is 11.8 Å². The zero-order chi connectivity index (χ0) is 11.5. The highest BCUT2D eigenvalue weighted by atomic mass is 16.7. The third kappa shape index (κ3) is 1.79. The molecule has 0 unspecified atom stereocenters. The Balaban J connectivity index is 2.10. The summed E-state index contributed by atoms with van der Waals surface area (Å²) < 4.78 is 0. The average molecular weight is 222 g/mol. The number of nitrogens with zero attached hydrogens (tertiary/aromatic N) is 1. The number of imide groups is 1. The van der Waals surface area contributed by atoms with E-state index in [0.29, 0.717) is 24.1 Å². The molecule has 0 radical (unpaired) electrons. The van der Waals surface area contributed by atoms with E-state index in [2.05, 4.69) is 0 Å². The second-order valence-electron chi connectivity index (χ2n) is 3.69. The van der Waals surface area contributed by atoms with Crippen LogP contribution in [0, 0.1) is 0 Å². The normalized spacial score (nSPS) is 19.7. The molecule has 5 heteroatoms. The van der Waals surface area contributed by atoms with Crippen molar-refractivity contribution < 1.29 is 14.4 Å². The van der Waals surface area contributed by atoms with Crippen molar-refractivity contribution in [1.82, 2.24) is 5.06 Å². The number of carbonyl (C=O) groups is 2. The molecule has 0 bridgehead atoms. The number of hydrogen-bond acceptors (Lipinski definition) is 4. The highest BCUT2D eigenvalue weighted by Gasteiger charge is 2.40. The van der Waals surface area contributed by atoms with Gasteiger partial charge < -0.3 is 5.73 Å². The lowest BCUT2D eigenvalue weighted by Gasteiger charge is -2.11. The van der Waals surface area contributed by atoms with Crippen molar-refractivity contribution in [3.63, 3.8) is 0 Å². The quantitative estimate of drug-likeness (QED) is 0.548. The Kier molecular flexibility index (Phi) is 3.17. The van der Waals surface area contributed by atoms with Crippen LogP contribution in [0.2, 0.25) is 0 Å². The molecule has 0 spiro atoms. The van der Waals surface area contributed by atoms with Gasteiger partial charge in [-0.1, -0.05) is 12.2 Å². The summed E-state index contributed by atoms with van der Waals surface area (Å²) >= 11 is 0. The smallest absolute Gasteiger partial charge is 0.285 e. The zero-order valence-electron chi connectivity index (χ0n) is 8.94. The minimum absolute atomic E-state index is 0.286. The van der Waals surface area contributed by atoms with E-state index in [1.807, 2.05) is 0 Å². The van der Waals surface area contributed by atoms with Crippen LogP contribution in [0.3, 0.4) is 0 Å². The molecule has 0 atom stereocenters. The largest absolute Gasteiger partial charge is 0.330 e. The second kappa shape index (κ2) is 4.59. The number of carbonyl (C=O) groups excluding carboxylic acids is 2. The number of hydrogen-bond donors (Lipinski definition) is 1. The molecule has 1 aliphatic carbocycles. The molecular formula is C11H14N2O3. The van der Waals surface area contributed by atoms with Crippen molar-refractivity contribution >= 4 is 11.8 Å². The molecule has 0 saturated carbocycles. The summed E-state index contributed by atoms with van der Waals surface area (Å²) in [7, 11) is 0. The molecule has 2 N–H and O–H groups in total. The van der Waals surface area contributed by atoms with Crippen LogP contribution >= 0.6 is 0 Å². The summed E-state index contributed by atoms with van der Waals surface area (Å²) in [5.74, 6) is -0.707. The van der Waals surface area contributed by atoms with E-state index in [0.717, 1.165) is 17.9 Å². The van der Waals surface area contributed by atoms with Crippen LogP contribution in [0.25, 0.3) is 0 Å². The number of rotatable bonds is 4. The van der Waals surface area contributed by atoms with Crippen molar-refractivity contribution in [3.8, 4) is 0 Å². The Labute approximate surface area is 93.5 Å². The summed E-state index contributed by atoms with van der Waals surface area (Å²) in [6, 6.07) is 0. The van der Waals surface area contributed by atoms with Gasteiger partial charge in [0.1, 0.15) is 0 Å². The van der Waals surface area contributed by atoms with Crippen LogP contribution in [-0.2, 0) is 14.4 Å². The fraction of sp³-hybridized carbons (Fsp3) is 0.455. The first-order chi connectivity index (χ1) is 7.75. The van der Waals surface area contributed by atoms with Gasteiger partial charge in [-0.15, -0.1) is 5.06 Å². The van der Waals surface area contributed by atoms with E-state index in [9.17, 15) is 9.59 Å². The van der Waals surface area contributed by atoms with Gasteiger partial charge in [-0.25, -0.2) is 0 Å². The van der Waals surface area contributed by atoms with Crippen LogP contribution in [0.4, 0.5) is 0 Å². The first-order valence-corrected chi connectivity index (χ1v) is 5.38. The Morgan fingerprint density at radius 2 is 1.75 bits per heavy atom. The third-order valence-corrected chi connectivity index (χ3v) is 2.55. The molecule has 1 heterocycles. The molecular weight excluding hydrogens is 208 g/mol. The van der Waals surface area contributed by atoms with Gasteiger partial charge in [0.2, 0.25) is 0 Å². The lowest BCUT2D eigenvalue weighted by Crippen LogP contribution is -2.30. The zero-order valence-corrected chi connectivity index (χ0v) is 8.94. The predicted octanol–water partition coefficient (Wildman–Crippen LogP) is 0.282. The molecule has 0 aromatic heterocycles. The van der Waals surface area contributed by atoms with E-state index in [4.69, 9.17) is 10.6 Å². The van der Waals surface area contributed by atoms with Gasteiger partial charge in [-0.3, -0.25) is 14.4 Å². The molecule has 2 amide bonds. The lowest BCUT2D eigenvalue weighted by atomic mass is 10.0. The topological polar surface area (TPSA) is 72.6 Å². The lowest BCUT2D eigenvalue weighted by molar-refractivity contribution is -0.185. The first-order valence-electron chi connectivity index (χ1n) is 5.38. The van der Waals surface area contributed by atoms with Gasteiger partial charge in [-0.05, 0) is 25.8 Å². The number of amides is 2. The van der Waals surface area contributed by atoms with Gasteiger partial charge in [0.15, 0.2) is 0 Å². The van der Waals surface area contributed by atoms with E-state index in [-0.39, 0.29) is 18.4 Å². The van der Waals surface area contributed by atoms with Crippen molar-refractivity contribution in [3.05, 3.63) is 23.3 Å². The Hall–Kier alpha value is -1.46. The van der Waals surface area contributed by atoms with Crippen LogP contribution in [-0.4, -0.2) is 30.0 Å². The molecule has 1 fully saturated rings. The minimum atomic E-state index is -0.354. The summed E-state index contributed by atoms with van der Waals surface area (Å²) in [6.07, 6.45) is 5.81. The number of nitrogens with two attached hydrogens (primary N) is 1. The highest BCUT2D eigenvalue weighted by molar-refractivity contribution is 6.23. The van der Waals surface area contributed by atoms with E-state index in [1.165, 1.54) is 0 Å². The summed E-state index contributed by atoms with van der Waals surface area (Å²) in [5, 5.41) is 0.846. The van der Waals surface area contributed by atoms with Crippen LogP contribution in [0.15, 0.2) is 23.3 Å². The molecule has 16 heavy (non-hydrogen) atoms. The SMILES string of the molecule is NCCCON1C(=O)C2=CCCC=C2C1=O. The summed E-state index contributed by atoms with van der Waals surface area (Å²) in [5.41, 5.74) is 6.26. The molecule has 5 nitrogen and oxygen atoms in total. The van der Waals surface area contributed by atoms with E-state index in [1.54, 1.807) is 12.2 Å².